The van der Waals surface area contributed by atoms with Gasteiger partial charge >= 0.3 is 0 Å². The molecule has 0 radical (unpaired) electrons. The van der Waals surface area contributed by atoms with E-state index in [0.29, 0.717) is 11.4 Å². The van der Waals surface area contributed by atoms with E-state index in [2.05, 4.69) is 36.4 Å². The van der Waals surface area contributed by atoms with Crippen molar-refractivity contribution in [2.75, 3.05) is 18.4 Å². The number of carbonyl (C=O) groups excluding carboxylic acids is 1. The van der Waals surface area contributed by atoms with Gasteiger partial charge in [-0.05, 0) is 67.4 Å². The molecule has 3 aromatic heterocycles. The number of carbonyl (C=O) groups is 1. The van der Waals surface area contributed by atoms with Crippen molar-refractivity contribution in [3.8, 4) is 11.1 Å². The number of rotatable bonds is 5. The van der Waals surface area contributed by atoms with E-state index in [-0.39, 0.29) is 5.91 Å². The molecule has 0 atom stereocenters. The highest BCUT2D eigenvalue weighted by atomic mass is 16.1. The second kappa shape index (κ2) is 7.68. The van der Waals surface area contributed by atoms with Crippen LogP contribution in [0.25, 0.3) is 22.0 Å². The van der Waals surface area contributed by atoms with E-state index in [4.69, 9.17) is 0 Å². The number of hydrogen-bond donors (Lipinski definition) is 2. The molecule has 0 aliphatic carbocycles. The van der Waals surface area contributed by atoms with Gasteiger partial charge in [0, 0.05) is 36.1 Å². The number of aromatic amines is 1. The van der Waals surface area contributed by atoms with Crippen molar-refractivity contribution in [3.05, 3.63) is 71.9 Å². The van der Waals surface area contributed by atoms with E-state index in [0.717, 1.165) is 47.2 Å². The molecule has 4 heterocycles. The lowest BCUT2D eigenvalue weighted by atomic mass is 10.0. The maximum absolute atomic E-state index is 12.8. The van der Waals surface area contributed by atoms with Gasteiger partial charge in [0.05, 0.1) is 17.4 Å². The first-order chi connectivity index (χ1) is 14.7. The number of benzene rings is 1. The standard InChI is InChI=1S/C23H22N6O/c1-15-7-19(13-24-10-15)26-23(30)22-20-9-17(3-4-21(20)27-28-22)18-8-16(11-25-12-18)14-29-5-2-6-29/h3-4,7-13H,2,5-6,14H2,1H3,(H,26,30)(H,27,28). The Morgan fingerprint density at radius 3 is 2.73 bits per heavy atom. The molecular formula is C23H22N6O. The summed E-state index contributed by atoms with van der Waals surface area (Å²) in [6.45, 7) is 5.16. The molecule has 1 amide bonds. The van der Waals surface area contributed by atoms with Gasteiger partial charge in [-0.1, -0.05) is 6.07 Å². The molecule has 1 aliphatic heterocycles. The number of H-pyrrole nitrogens is 1. The number of amides is 1. The zero-order valence-electron chi connectivity index (χ0n) is 16.7. The summed E-state index contributed by atoms with van der Waals surface area (Å²) in [7, 11) is 0. The second-order valence-electron chi connectivity index (χ2n) is 7.75. The smallest absolute Gasteiger partial charge is 0.276 e. The lowest BCUT2D eigenvalue weighted by molar-refractivity contribution is 0.102. The number of pyridine rings is 2. The Kier molecular flexibility index (Phi) is 4.72. The van der Waals surface area contributed by atoms with Crippen molar-refractivity contribution >= 4 is 22.5 Å². The minimum atomic E-state index is -0.268. The molecule has 7 nitrogen and oxygen atoms in total. The Morgan fingerprint density at radius 1 is 1.07 bits per heavy atom. The number of hydrogen-bond acceptors (Lipinski definition) is 5. The number of likely N-dealkylation sites (tertiary alicyclic amines) is 1. The van der Waals surface area contributed by atoms with Gasteiger partial charge in [-0.3, -0.25) is 24.8 Å². The van der Waals surface area contributed by atoms with Crippen molar-refractivity contribution in [2.45, 2.75) is 19.9 Å². The Balaban J connectivity index is 1.44. The average molecular weight is 398 g/mol. The molecule has 5 rings (SSSR count). The van der Waals surface area contributed by atoms with Crippen molar-refractivity contribution in [1.82, 2.24) is 25.1 Å². The summed E-state index contributed by atoms with van der Waals surface area (Å²) in [4.78, 5) is 23.8. The summed E-state index contributed by atoms with van der Waals surface area (Å²) >= 11 is 0. The molecule has 7 heteroatoms. The molecule has 4 aromatic rings. The van der Waals surface area contributed by atoms with Gasteiger partial charge in [0.25, 0.3) is 5.91 Å². The first-order valence-corrected chi connectivity index (χ1v) is 10.0. The Labute approximate surface area is 174 Å². The van der Waals surface area contributed by atoms with Gasteiger partial charge in [-0.25, -0.2) is 0 Å². The quantitative estimate of drug-likeness (QED) is 0.534. The number of aryl methyl sites for hydroxylation is 1. The zero-order valence-corrected chi connectivity index (χ0v) is 16.7. The number of aromatic nitrogens is 4. The molecule has 1 aliphatic rings. The highest BCUT2D eigenvalue weighted by Crippen LogP contribution is 2.26. The first-order valence-electron chi connectivity index (χ1n) is 10.0. The van der Waals surface area contributed by atoms with Crippen LogP contribution in [0, 0.1) is 6.92 Å². The average Bonchev–Trinajstić information content (AvgIpc) is 3.14. The van der Waals surface area contributed by atoms with Crippen LogP contribution in [0.1, 0.15) is 28.0 Å². The highest BCUT2D eigenvalue weighted by Gasteiger charge is 2.17. The van der Waals surface area contributed by atoms with Crippen molar-refractivity contribution in [2.24, 2.45) is 0 Å². The van der Waals surface area contributed by atoms with Gasteiger partial charge in [-0.15, -0.1) is 0 Å². The van der Waals surface area contributed by atoms with Crippen LogP contribution in [0.2, 0.25) is 0 Å². The maximum Gasteiger partial charge on any atom is 0.276 e. The third-order valence-electron chi connectivity index (χ3n) is 5.39. The molecule has 150 valence electrons. The van der Waals surface area contributed by atoms with Crippen LogP contribution in [-0.2, 0) is 6.54 Å². The van der Waals surface area contributed by atoms with Crippen LogP contribution in [0.3, 0.4) is 0 Å². The zero-order chi connectivity index (χ0) is 20.5. The van der Waals surface area contributed by atoms with Crippen LogP contribution in [0.5, 0.6) is 0 Å². The molecule has 0 spiro atoms. The summed E-state index contributed by atoms with van der Waals surface area (Å²) in [5, 5.41) is 10.8. The summed E-state index contributed by atoms with van der Waals surface area (Å²) in [6, 6.07) is 10.0. The summed E-state index contributed by atoms with van der Waals surface area (Å²) in [6.07, 6.45) is 8.43. The Hall–Kier alpha value is -3.58. The van der Waals surface area contributed by atoms with Crippen LogP contribution >= 0.6 is 0 Å². The van der Waals surface area contributed by atoms with Gasteiger partial charge in [-0.2, -0.15) is 5.10 Å². The van der Waals surface area contributed by atoms with E-state index >= 15 is 0 Å². The molecule has 30 heavy (non-hydrogen) atoms. The first kappa shape index (κ1) is 18.4. The lowest BCUT2D eigenvalue weighted by Gasteiger charge is -2.30. The van der Waals surface area contributed by atoms with Gasteiger partial charge in [0.2, 0.25) is 0 Å². The summed E-state index contributed by atoms with van der Waals surface area (Å²) in [5.41, 5.74) is 6.04. The molecule has 0 saturated carbocycles. The van der Waals surface area contributed by atoms with E-state index in [1.807, 2.05) is 43.6 Å². The monoisotopic (exact) mass is 398 g/mol. The fraction of sp³-hybridized carbons (Fsp3) is 0.217. The number of anilines is 1. The van der Waals surface area contributed by atoms with Crippen molar-refractivity contribution in [3.63, 3.8) is 0 Å². The van der Waals surface area contributed by atoms with E-state index < -0.39 is 0 Å². The Morgan fingerprint density at radius 2 is 1.93 bits per heavy atom. The van der Waals surface area contributed by atoms with Crippen LogP contribution < -0.4 is 5.32 Å². The SMILES string of the molecule is Cc1cncc(NC(=O)c2n[nH]c3ccc(-c4cncc(CN5CCC5)c4)cc23)c1. The molecule has 1 fully saturated rings. The number of nitrogens with zero attached hydrogens (tertiary/aromatic N) is 4. The van der Waals surface area contributed by atoms with Crippen LogP contribution in [-0.4, -0.2) is 44.1 Å². The molecule has 0 bridgehead atoms. The normalized spacial score (nSPS) is 13.9. The largest absolute Gasteiger partial charge is 0.319 e. The van der Waals surface area contributed by atoms with Crippen LogP contribution in [0.4, 0.5) is 5.69 Å². The van der Waals surface area contributed by atoms with Crippen molar-refractivity contribution < 1.29 is 4.79 Å². The predicted molar refractivity (Wildman–Crippen MR) is 116 cm³/mol. The Bertz CT molecular complexity index is 1230. The lowest BCUT2D eigenvalue weighted by Crippen LogP contribution is -2.36. The molecular weight excluding hydrogens is 376 g/mol. The number of fused-ring (bicyclic) bond motifs is 1. The van der Waals surface area contributed by atoms with E-state index in [1.165, 1.54) is 12.0 Å². The molecule has 1 saturated heterocycles. The topological polar surface area (TPSA) is 86.8 Å². The van der Waals surface area contributed by atoms with Gasteiger partial charge < -0.3 is 5.32 Å². The number of nitrogens with one attached hydrogen (secondary N) is 2. The van der Waals surface area contributed by atoms with Crippen LogP contribution in [0.15, 0.2) is 55.1 Å². The fourth-order valence-electron chi connectivity index (χ4n) is 3.71. The van der Waals surface area contributed by atoms with Crippen molar-refractivity contribution in [1.29, 1.82) is 0 Å². The van der Waals surface area contributed by atoms with Gasteiger partial charge in [0.15, 0.2) is 5.69 Å². The molecule has 2 N–H and O–H groups in total. The minimum Gasteiger partial charge on any atom is -0.319 e. The third-order valence-corrected chi connectivity index (χ3v) is 5.39. The second-order valence-corrected chi connectivity index (χ2v) is 7.75. The minimum absolute atomic E-state index is 0.268. The van der Waals surface area contributed by atoms with E-state index in [9.17, 15) is 4.79 Å². The maximum atomic E-state index is 12.8. The molecule has 0 unspecified atom stereocenters. The third kappa shape index (κ3) is 3.67. The highest BCUT2D eigenvalue weighted by molar-refractivity contribution is 6.11. The van der Waals surface area contributed by atoms with E-state index in [1.54, 1.807) is 12.4 Å². The molecule has 1 aromatic carbocycles. The van der Waals surface area contributed by atoms with Gasteiger partial charge in [0.1, 0.15) is 0 Å². The summed E-state index contributed by atoms with van der Waals surface area (Å²) in [5.74, 6) is -0.268. The summed E-state index contributed by atoms with van der Waals surface area (Å²) < 4.78 is 0. The predicted octanol–water partition coefficient (Wildman–Crippen LogP) is 3.79. The fourth-order valence-corrected chi connectivity index (χ4v) is 3.71.